The minimum absolute atomic E-state index is 0.0560. The van der Waals surface area contributed by atoms with Crippen molar-refractivity contribution in [1.82, 2.24) is 5.32 Å². The lowest BCUT2D eigenvalue weighted by atomic mass is 10.1. The molecule has 2 rings (SSSR count). The molecule has 0 aliphatic carbocycles. The molecule has 2 N–H and O–H groups in total. The van der Waals surface area contributed by atoms with E-state index in [2.05, 4.69) is 10.6 Å². The average Bonchev–Trinajstić information content (AvgIpc) is 2.38. The molecule has 1 unspecified atom stereocenters. The average molecular weight is 221 g/mol. The van der Waals surface area contributed by atoms with Gasteiger partial charge in [0.05, 0.1) is 10.6 Å². The number of amides is 1. The van der Waals surface area contributed by atoms with Crippen molar-refractivity contribution in [1.29, 1.82) is 0 Å². The fourth-order valence-electron chi connectivity index (χ4n) is 1.69. The summed E-state index contributed by atoms with van der Waals surface area (Å²) in [4.78, 5) is 22.1. The Morgan fingerprint density at radius 3 is 2.94 bits per heavy atom. The molecule has 1 atom stereocenters. The monoisotopic (exact) mass is 221 g/mol. The first-order valence-electron chi connectivity index (χ1n) is 4.91. The number of benzene rings is 1. The third-order valence-corrected chi connectivity index (χ3v) is 2.44. The lowest BCUT2D eigenvalue weighted by Crippen LogP contribution is -2.34. The highest BCUT2D eigenvalue weighted by Crippen LogP contribution is 2.27. The molecule has 1 amide bonds. The maximum Gasteiger partial charge on any atom is 0.284 e. The number of nitrogens with one attached hydrogen (secondary N) is 2. The van der Waals surface area contributed by atoms with Crippen LogP contribution in [-0.4, -0.2) is 23.4 Å². The molecule has 1 aliphatic rings. The maximum absolute atomic E-state index is 11.8. The molecule has 84 valence electrons. The quantitative estimate of drug-likeness (QED) is 0.550. The van der Waals surface area contributed by atoms with E-state index in [9.17, 15) is 14.9 Å². The van der Waals surface area contributed by atoms with Gasteiger partial charge in [0.25, 0.3) is 11.6 Å². The summed E-state index contributed by atoms with van der Waals surface area (Å²) in [6, 6.07) is 4.50. The van der Waals surface area contributed by atoms with Gasteiger partial charge in [-0.2, -0.15) is 0 Å². The van der Waals surface area contributed by atoms with Crippen molar-refractivity contribution in [2.75, 3.05) is 11.9 Å². The Bertz CT molecular complexity index is 459. The third-order valence-electron chi connectivity index (χ3n) is 2.44. The number of hydrogen-bond donors (Lipinski definition) is 2. The summed E-state index contributed by atoms with van der Waals surface area (Å²) >= 11 is 0. The van der Waals surface area contributed by atoms with Crippen LogP contribution >= 0.6 is 0 Å². The van der Waals surface area contributed by atoms with E-state index in [1.807, 2.05) is 6.92 Å². The van der Waals surface area contributed by atoms with Crippen molar-refractivity contribution in [3.63, 3.8) is 0 Å². The van der Waals surface area contributed by atoms with Crippen LogP contribution in [0, 0.1) is 10.1 Å². The first-order valence-corrected chi connectivity index (χ1v) is 4.91. The van der Waals surface area contributed by atoms with Crippen molar-refractivity contribution < 1.29 is 9.72 Å². The summed E-state index contributed by atoms with van der Waals surface area (Å²) in [7, 11) is 0. The van der Waals surface area contributed by atoms with Crippen molar-refractivity contribution in [2.24, 2.45) is 0 Å². The summed E-state index contributed by atoms with van der Waals surface area (Å²) in [5.74, 6) is -0.403. The zero-order chi connectivity index (χ0) is 11.7. The number of nitro benzene ring substituents is 1. The van der Waals surface area contributed by atoms with Crippen LogP contribution in [0.5, 0.6) is 0 Å². The van der Waals surface area contributed by atoms with Crippen LogP contribution in [0.25, 0.3) is 0 Å². The summed E-state index contributed by atoms with van der Waals surface area (Å²) in [6.45, 7) is 2.39. The summed E-state index contributed by atoms with van der Waals surface area (Å²) < 4.78 is 0. The Balaban J connectivity index is 2.56. The lowest BCUT2D eigenvalue weighted by molar-refractivity contribution is -0.385. The molecule has 0 aromatic heterocycles. The zero-order valence-corrected chi connectivity index (χ0v) is 8.69. The number of carbonyl (C=O) groups is 1. The molecule has 0 bridgehead atoms. The molecule has 0 spiro atoms. The van der Waals surface area contributed by atoms with E-state index in [1.54, 1.807) is 12.1 Å². The van der Waals surface area contributed by atoms with Crippen LogP contribution in [0.1, 0.15) is 17.3 Å². The van der Waals surface area contributed by atoms with Crippen LogP contribution in [-0.2, 0) is 0 Å². The molecule has 6 heteroatoms. The van der Waals surface area contributed by atoms with E-state index in [4.69, 9.17) is 0 Å². The van der Waals surface area contributed by atoms with Gasteiger partial charge in [0.15, 0.2) is 0 Å². The first kappa shape index (κ1) is 10.4. The molecular formula is C10H11N3O3. The summed E-state index contributed by atoms with van der Waals surface area (Å²) in [5.41, 5.74) is 0.449. The molecule has 1 aliphatic heterocycles. The molecule has 6 nitrogen and oxygen atoms in total. The van der Waals surface area contributed by atoms with Gasteiger partial charge < -0.3 is 10.6 Å². The predicted molar refractivity (Wildman–Crippen MR) is 58.5 cm³/mol. The second-order valence-corrected chi connectivity index (χ2v) is 3.71. The standard InChI is InChI=1S/C10H11N3O3/c1-6-5-11-7-3-2-4-8(13(15)16)9(7)10(14)12-6/h2-4,6,11H,5H2,1H3,(H,12,14). The van der Waals surface area contributed by atoms with Crippen LogP contribution in [0.3, 0.4) is 0 Å². The summed E-state index contributed by atoms with van der Waals surface area (Å²) in [5, 5.41) is 16.5. The van der Waals surface area contributed by atoms with Crippen LogP contribution in [0.4, 0.5) is 11.4 Å². The molecule has 0 saturated heterocycles. The molecule has 0 saturated carbocycles. The Hall–Kier alpha value is -2.11. The Labute approximate surface area is 91.8 Å². The normalized spacial score (nSPS) is 19.1. The van der Waals surface area contributed by atoms with Gasteiger partial charge in [-0.1, -0.05) is 6.07 Å². The fraction of sp³-hybridized carbons (Fsp3) is 0.300. The zero-order valence-electron chi connectivity index (χ0n) is 8.69. The summed E-state index contributed by atoms with van der Waals surface area (Å²) in [6.07, 6.45) is 0. The fourth-order valence-corrected chi connectivity index (χ4v) is 1.69. The molecule has 0 fully saturated rings. The van der Waals surface area contributed by atoms with E-state index in [0.29, 0.717) is 12.2 Å². The Morgan fingerprint density at radius 1 is 1.50 bits per heavy atom. The topological polar surface area (TPSA) is 84.3 Å². The predicted octanol–water partition coefficient (Wildman–Crippen LogP) is 1.14. The van der Waals surface area contributed by atoms with Gasteiger partial charge in [-0.05, 0) is 13.0 Å². The van der Waals surface area contributed by atoms with Crippen molar-refractivity contribution in [3.8, 4) is 0 Å². The van der Waals surface area contributed by atoms with Crippen molar-refractivity contribution >= 4 is 17.3 Å². The number of rotatable bonds is 1. The van der Waals surface area contributed by atoms with Crippen LogP contribution in [0.15, 0.2) is 18.2 Å². The number of hydrogen-bond acceptors (Lipinski definition) is 4. The molecule has 0 radical (unpaired) electrons. The smallest absolute Gasteiger partial charge is 0.284 e. The second-order valence-electron chi connectivity index (χ2n) is 3.71. The van der Waals surface area contributed by atoms with E-state index in [-0.39, 0.29) is 17.3 Å². The van der Waals surface area contributed by atoms with Gasteiger partial charge in [-0.25, -0.2) is 0 Å². The van der Waals surface area contributed by atoms with E-state index in [0.717, 1.165) is 0 Å². The number of carbonyl (C=O) groups excluding carboxylic acids is 1. The number of fused-ring (bicyclic) bond motifs is 1. The molecule has 1 heterocycles. The number of nitrogens with zero attached hydrogens (tertiary/aromatic N) is 1. The molecule has 1 aromatic rings. The Morgan fingerprint density at radius 2 is 2.25 bits per heavy atom. The van der Waals surface area contributed by atoms with Gasteiger partial charge in [-0.15, -0.1) is 0 Å². The van der Waals surface area contributed by atoms with E-state index in [1.165, 1.54) is 6.07 Å². The van der Waals surface area contributed by atoms with Crippen molar-refractivity contribution in [2.45, 2.75) is 13.0 Å². The van der Waals surface area contributed by atoms with Gasteiger partial charge >= 0.3 is 0 Å². The third kappa shape index (κ3) is 1.69. The minimum Gasteiger partial charge on any atom is -0.382 e. The molecule has 1 aromatic carbocycles. The van der Waals surface area contributed by atoms with Crippen molar-refractivity contribution in [3.05, 3.63) is 33.9 Å². The highest BCUT2D eigenvalue weighted by molar-refractivity contribution is 6.04. The lowest BCUT2D eigenvalue weighted by Gasteiger charge is -2.08. The van der Waals surface area contributed by atoms with Crippen LogP contribution < -0.4 is 10.6 Å². The SMILES string of the molecule is CC1CNc2cccc([N+](=O)[O-])c2C(=O)N1. The van der Waals surface area contributed by atoms with E-state index < -0.39 is 10.8 Å². The Kier molecular flexibility index (Phi) is 2.47. The highest BCUT2D eigenvalue weighted by atomic mass is 16.6. The van der Waals surface area contributed by atoms with E-state index >= 15 is 0 Å². The number of nitro groups is 1. The second kappa shape index (κ2) is 3.80. The maximum atomic E-state index is 11.8. The van der Waals surface area contributed by atoms with Gasteiger partial charge in [0, 0.05) is 18.7 Å². The van der Waals surface area contributed by atoms with Gasteiger partial charge in [-0.3, -0.25) is 14.9 Å². The first-order chi connectivity index (χ1) is 7.59. The van der Waals surface area contributed by atoms with Gasteiger partial charge in [0.1, 0.15) is 5.56 Å². The minimum atomic E-state index is -0.546. The van der Waals surface area contributed by atoms with Crippen LogP contribution in [0.2, 0.25) is 0 Å². The molecular weight excluding hydrogens is 210 g/mol. The number of anilines is 1. The highest BCUT2D eigenvalue weighted by Gasteiger charge is 2.27. The largest absolute Gasteiger partial charge is 0.382 e. The molecule has 16 heavy (non-hydrogen) atoms. The van der Waals surface area contributed by atoms with Gasteiger partial charge in [0.2, 0.25) is 0 Å².